The van der Waals surface area contributed by atoms with Crippen LogP contribution in [-0.4, -0.2) is 51.2 Å². The first kappa shape index (κ1) is 30.4. The first-order valence-corrected chi connectivity index (χ1v) is 15.2. The lowest BCUT2D eigenvalue weighted by Gasteiger charge is -2.38. The molecule has 2 unspecified atom stereocenters. The van der Waals surface area contributed by atoms with Gasteiger partial charge in [-0.3, -0.25) is 9.59 Å². The van der Waals surface area contributed by atoms with Gasteiger partial charge in [0.05, 0.1) is 17.6 Å². The number of anilines is 2. The Hall–Kier alpha value is -4.01. The van der Waals surface area contributed by atoms with Gasteiger partial charge < -0.3 is 14.4 Å². The molecule has 0 N–H and O–H groups in total. The van der Waals surface area contributed by atoms with Crippen molar-refractivity contribution in [1.82, 2.24) is 19.1 Å². The summed E-state index contributed by atoms with van der Waals surface area (Å²) in [6, 6.07) is 16.1. The van der Waals surface area contributed by atoms with E-state index in [2.05, 4.69) is 48.2 Å². The molecule has 0 aliphatic carbocycles. The lowest BCUT2D eigenvalue weighted by Crippen LogP contribution is -2.47. The third-order valence-electron chi connectivity index (χ3n) is 8.72. The summed E-state index contributed by atoms with van der Waals surface area (Å²) in [5.74, 6) is 0.634. The monoisotopic (exact) mass is 586 g/mol. The molecule has 2 aromatic carbocycles. The maximum absolute atomic E-state index is 13.7. The summed E-state index contributed by atoms with van der Waals surface area (Å²) in [7, 11) is 1.93. The molecule has 0 spiro atoms. The normalized spacial score (nSPS) is 15.9. The van der Waals surface area contributed by atoms with Crippen molar-refractivity contribution in [2.24, 2.45) is 17.3 Å². The van der Waals surface area contributed by atoms with E-state index in [-0.39, 0.29) is 40.6 Å². The number of para-hydroxylation sites is 2. The zero-order valence-corrected chi connectivity index (χ0v) is 26.1. The number of rotatable bonds is 8. The van der Waals surface area contributed by atoms with Crippen molar-refractivity contribution < 1.29 is 9.18 Å². The molecule has 1 aliphatic heterocycles. The molecule has 8 nitrogen and oxygen atoms in total. The van der Waals surface area contributed by atoms with Crippen molar-refractivity contribution >= 4 is 28.8 Å². The van der Waals surface area contributed by atoms with E-state index in [9.17, 15) is 14.0 Å². The van der Waals surface area contributed by atoms with Crippen LogP contribution in [0.5, 0.6) is 0 Å². The summed E-state index contributed by atoms with van der Waals surface area (Å²) in [5, 5.41) is 0. The van der Waals surface area contributed by atoms with Crippen LogP contribution < -0.4 is 15.4 Å². The van der Waals surface area contributed by atoms with Crippen LogP contribution >= 0.6 is 0 Å². The Balaban J connectivity index is 1.35. The zero-order valence-electron chi connectivity index (χ0n) is 26.1. The Kier molecular flexibility index (Phi) is 8.71. The van der Waals surface area contributed by atoms with Crippen molar-refractivity contribution in [2.75, 3.05) is 29.9 Å². The summed E-state index contributed by atoms with van der Waals surface area (Å²) < 4.78 is 17.0. The van der Waals surface area contributed by atoms with Crippen LogP contribution in [0.1, 0.15) is 64.2 Å². The number of benzene rings is 2. The molecule has 0 amide bonds. The smallest absolute Gasteiger partial charge is 0.261 e. The van der Waals surface area contributed by atoms with Crippen LogP contribution in [0.2, 0.25) is 0 Å². The molecule has 43 heavy (non-hydrogen) atoms. The van der Waals surface area contributed by atoms with Gasteiger partial charge in [-0.1, -0.05) is 58.9 Å². The van der Waals surface area contributed by atoms with Gasteiger partial charge in [0.1, 0.15) is 5.82 Å². The van der Waals surface area contributed by atoms with Crippen LogP contribution in [0.4, 0.5) is 16.3 Å². The average molecular weight is 587 g/mol. The SMILES string of the molecule is CC(CC(C)(C)C)C(C)C(=O)n1c(N(C)C2CCN(c3nc4ccccc4n3Cc3ccc(F)cc3)CC2)nccc1=O. The fourth-order valence-electron chi connectivity index (χ4n) is 6.29. The van der Waals surface area contributed by atoms with E-state index in [1.165, 1.54) is 29.0 Å². The van der Waals surface area contributed by atoms with Gasteiger partial charge >= 0.3 is 0 Å². The Morgan fingerprint density at radius 3 is 2.40 bits per heavy atom. The third kappa shape index (κ3) is 6.65. The second-order valence-corrected chi connectivity index (χ2v) is 13.2. The number of hydrogen-bond acceptors (Lipinski definition) is 6. The maximum Gasteiger partial charge on any atom is 0.261 e. The lowest BCUT2D eigenvalue weighted by molar-refractivity contribution is 0.0779. The highest BCUT2D eigenvalue weighted by Crippen LogP contribution is 2.31. The van der Waals surface area contributed by atoms with E-state index in [0.717, 1.165) is 54.9 Å². The second-order valence-electron chi connectivity index (χ2n) is 13.2. The molecular formula is C34H43FN6O2. The molecule has 1 saturated heterocycles. The van der Waals surface area contributed by atoms with Gasteiger partial charge in [-0.15, -0.1) is 0 Å². The summed E-state index contributed by atoms with van der Waals surface area (Å²) in [6.45, 7) is 12.6. The molecule has 0 bridgehead atoms. The fraction of sp³-hybridized carbons (Fsp3) is 0.471. The van der Waals surface area contributed by atoms with Crippen LogP contribution in [0.15, 0.2) is 65.6 Å². The molecule has 0 saturated carbocycles. The van der Waals surface area contributed by atoms with Crippen molar-refractivity contribution in [3.63, 3.8) is 0 Å². The van der Waals surface area contributed by atoms with Gasteiger partial charge in [-0.25, -0.2) is 18.9 Å². The van der Waals surface area contributed by atoms with Gasteiger partial charge in [0, 0.05) is 44.4 Å². The van der Waals surface area contributed by atoms with Gasteiger partial charge in [0.25, 0.3) is 5.56 Å². The summed E-state index contributed by atoms with van der Waals surface area (Å²) in [5.41, 5.74) is 2.70. The Labute approximate surface area is 253 Å². The Morgan fingerprint density at radius 2 is 1.72 bits per heavy atom. The number of fused-ring (bicyclic) bond motifs is 1. The summed E-state index contributed by atoms with van der Waals surface area (Å²) >= 11 is 0. The number of carbonyl (C=O) groups is 1. The van der Waals surface area contributed by atoms with E-state index in [0.29, 0.717) is 12.5 Å². The van der Waals surface area contributed by atoms with E-state index in [1.807, 2.05) is 49.2 Å². The highest BCUT2D eigenvalue weighted by atomic mass is 19.1. The molecule has 3 heterocycles. The standard InChI is InChI=1S/C34H43FN6O2/c1-23(21-34(3,4)5)24(2)31(43)41-30(42)15-18-36-32(41)38(6)27-16-19-39(20-17-27)33-37-28-9-7-8-10-29(28)40(33)22-25-11-13-26(35)14-12-25/h7-15,18,23-24,27H,16-17,19-22H2,1-6H3. The summed E-state index contributed by atoms with van der Waals surface area (Å²) in [4.78, 5) is 40.5. The van der Waals surface area contributed by atoms with E-state index in [1.54, 1.807) is 0 Å². The molecule has 2 atom stereocenters. The molecule has 4 aromatic rings. The predicted molar refractivity (Wildman–Crippen MR) is 170 cm³/mol. The highest BCUT2D eigenvalue weighted by molar-refractivity contribution is 5.84. The van der Waals surface area contributed by atoms with Crippen molar-refractivity contribution in [1.29, 1.82) is 0 Å². The average Bonchev–Trinajstić information content (AvgIpc) is 3.34. The zero-order chi connectivity index (χ0) is 30.9. The van der Waals surface area contributed by atoms with E-state index < -0.39 is 0 Å². The molecule has 1 aliphatic rings. The first-order valence-electron chi connectivity index (χ1n) is 15.2. The highest BCUT2D eigenvalue weighted by Gasteiger charge is 2.32. The number of halogens is 1. The third-order valence-corrected chi connectivity index (χ3v) is 8.72. The van der Waals surface area contributed by atoms with Crippen molar-refractivity contribution in [3.8, 4) is 0 Å². The van der Waals surface area contributed by atoms with Crippen LogP contribution in [-0.2, 0) is 6.54 Å². The fourth-order valence-corrected chi connectivity index (χ4v) is 6.29. The molecule has 1 fully saturated rings. The Morgan fingerprint density at radius 1 is 1.05 bits per heavy atom. The first-order chi connectivity index (χ1) is 20.4. The minimum Gasteiger partial charge on any atom is -0.342 e. The topological polar surface area (TPSA) is 76.3 Å². The molecule has 5 rings (SSSR count). The predicted octanol–water partition coefficient (Wildman–Crippen LogP) is 6.23. The number of carbonyl (C=O) groups excluding carboxylic acids is 1. The number of nitrogens with zero attached hydrogens (tertiary/aromatic N) is 6. The van der Waals surface area contributed by atoms with Gasteiger partial charge in [-0.2, -0.15) is 0 Å². The molecule has 228 valence electrons. The number of hydrogen-bond donors (Lipinski definition) is 0. The van der Waals surface area contributed by atoms with Gasteiger partial charge in [0.2, 0.25) is 17.8 Å². The number of piperidine rings is 1. The summed E-state index contributed by atoms with van der Waals surface area (Å²) in [6.07, 6.45) is 4.00. The second kappa shape index (κ2) is 12.3. The van der Waals surface area contributed by atoms with Crippen molar-refractivity contribution in [2.45, 2.75) is 66.5 Å². The molecule has 0 radical (unpaired) electrons. The minimum absolute atomic E-state index is 0.0844. The van der Waals surface area contributed by atoms with E-state index >= 15 is 0 Å². The number of imidazole rings is 1. The molecule has 9 heteroatoms. The number of aromatic nitrogens is 4. The van der Waals surface area contributed by atoms with Gasteiger partial charge in [-0.05, 0) is 60.4 Å². The van der Waals surface area contributed by atoms with Crippen LogP contribution in [0, 0.1) is 23.1 Å². The van der Waals surface area contributed by atoms with Crippen LogP contribution in [0.3, 0.4) is 0 Å². The lowest BCUT2D eigenvalue weighted by atomic mass is 9.80. The van der Waals surface area contributed by atoms with Crippen LogP contribution in [0.25, 0.3) is 11.0 Å². The van der Waals surface area contributed by atoms with E-state index in [4.69, 9.17) is 4.98 Å². The Bertz CT molecular complexity index is 1630. The van der Waals surface area contributed by atoms with Gasteiger partial charge in [0.15, 0.2) is 0 Å². The molecule has 2 aromatic heterocycles. The largest absolute Gasteiger partial charge is 0.342 e. The van der Waals surface area contributed by atoms with Crippen molar-refractivity contribution in [3.05, 3.63) is 82.5 Å². The quantitative estimate of drug-likeness (QED) is 0.244. The maximum atomic E-state index is 13.7. The molecular weight excluding hydrogens is 543 g/mol. The minimum atomic E-state index is -0.344.